The molecule has 0 saturated heterocycles. The Bertz CT molecular complexity index is 404. The zero-order valence-corrected chi connectivity index (χ0v) is 13.6. The number of nitrogens with one attached hydrogen (secondary N) is 1. The summed E-state index contributed by atoms with van der Waals surface area (Å²) in [6.07, 6.45) is -0.0160. The number of ether oxygens (including phenoxy) is 3. The minimum Gasteiger partial charge on any atom is -0.496 e. The van der Waals surface area contributed by atoms with Gasteiger partial charge in [-0.3, -0.25) is 0 Å². The van der Waals surface area contributed by atoms with Crippen LogP contribution < -0.4 is 14.8 Å². The average molecular weight is 281 g/mol. The Morgan fingerprint density at radius 2 is 1.50 bits per heavy atom. The normalized spacial score (nSPS) is 14.8. The van der Waals surface area contributed by atoms with Crippen molar-refractivity contribution in [3.63, 3.8) is 0 Å². The van der Waals surface area contributed by atoms with E-state index in [9.17, 15) is 0 Å². The second-order valence-electron chi connectivity index (χ2n) is 5.86. The third-order valence-corrected chi connectivity index (χ3v) is 3.50. The number of hydrogen-bond donors (Lipinski definition) is 1. The Balaban J connectivity index is 3.37. The summed E-state index contributed by atoms with van der Waals surface area (Å²) >= 11 is 0. The van der Waals surface area contributed by atoms with Crippen LogP contribution in [0.4, 0.5) is 0 Å². The standard InChI is InChI=1S/C16H27NO3/c1-16(2,3)15(20-7)14(17-4)13-11(18-5)9-8-10-12(13)19-6/h8-10,14-15,17H,1-7H3. The third-order valence-electron chi connectivity index (χ3n) is 3.50. The van der Waals surface area contributed by atoms with Crippen LogP contribution in [0.1, 0.15) is 32.4 Å². The first kappa shape index (κ1) is 16.8. The SMILES string of the molecule is CNC(c1c(OC)cccc1OC)C(OC)C(C)(C)C. The first-order chi connectivity index (χ1) is 9.40. The summed E-state index contributed by atoms with van der Waals surface area (Å²) < 4.78 is 16.8. The van der Waals surface area contributed by atoms with Gasteiger partial charge in [-0.15, -0.1) is 0 Å². The number of benzene rings is 1. The summed E-state index contributed by atoms with van der Waals surface area (Å²) in [5.41, 5.74) is 0.968. The van der Waals surface area contributed by atoms with E-state index in [0.717, 1.165) is 17.1 Å². The number of likely N-dealkylation sites (N-methyl/N-ethyl adjacent to an activating group) is 1. The van der Waals surface area contributed by atoms with E-state index in [1.807, 2.05) is 25.2 Å². The first-order valence-corrected chi connectivity index (χ1v) is 6.81. The Morgan fingerprint density at radius 3 is 1.80 bits per heavy atom. The quantitative estimate of drug-likeness (QED) is 0.870. The maximum absolute atomic E-state index is 5.75. The highest BCUT2D eigenvalue weighted by Gasteiger charge is 2.35. The fourth-order valence-electron chi connectivity index (χ4n) is 2.62. The van der Waals surface area contributed by atoms with Gasteiger partial charge in [0.1, 0.15) is 11.5 Å². The lowest BCUT2D eigenvalue weighted by atomic mass is 9.81. The van der Waals surface area contributed by atoms with Crippen molar-refractivity contribution in [2.75, 3.05) is 28.4 Å². The molecular weight excluding hydrogens is 254 g/mol. The molecule has 4 nitrogen and oxygen atoms in total. The lowest BCUT2D eigenvalue weighted by Gasteiger charge is -2.37. The van der Waals surface area contributed by atoms with Gasteiger partial charge in [0.2, 0.25) is 0 Å². The predicted octanol–water partition coefficient (Wildman–Crippen LogP) is 3.03. The molecule has 1 aromatic rings. The number of methoxy groups -OCH3 is 3. The largest absolute Gasteiger partial charge is 0.496 e. The first-order valence-electron chi connectivity index (χ1n) is 6.81. The molecule has 1 rings (SSSR count). The van der Waals surface area contributed by atoms with E-state index in [1.165, 1.54) is 0 Å². The van der Waals surface area contributed by atoms with E-state index in [0.29, 0.717) is 0 Å². The van der Waals surface area contributed by atoms with Crippen molar-refractivity contribution in [3.8, 4) is 11.5 Å². The highest BCUT2D eigenvalue weighted by molar-refractivity contribution is 5.47. The monoisotopic (exact) mass is 281 g/mol. The maximum atomic E-state index is 5.75. The smallest absolute Gasteiger partial charge is 0.127 e. The molecule has 0 saturated carbocycles. The Labute approximate surface area is 122 Å². The Hall–Kier alpha value is -1.26. The summed E-state index contributed by atoms with van der Waals surface area (Å²) in [7, 11) is 7.00. The molecule has 4 heteroatoms. The van der Waals surface area contributed by atoms with Crippen LogP contribution >= 0.6 is 0 Å². The molecule has 0 radical (unpaired) electrons. The van der Waals surface area contributed by atoms with Gasteiger partial charge in [-0.25, -0.2) is 0 Å². The fourth-order valence-corrected chi connectivity index (χ4v) is 2.62. The van der Waals surface area contributed by atoms with Crippen LogP contribution in [0.15, 0.2) is 18.2 Å². The highest BCUT2D eigenvalue weighted by Crippen LogP contribution is 2.40. The number of rotatable bonds is 6. The molecule has 2 atom stereocenters. The zero-order chi connectivity index (χ0) is 15.3. The van der Waals surface area contributed by atoms with Crippen molar-refractivity contribution in [2.24, 2.45) is 5.41 Å². The summed E-state index contributed by atoms with van der Waals surface area (Å²) in [5.74, 6) is 1.60. The van der Waals surface area contributed by atoms with Gasteiger partial charge >= 0.3 is 0 Å². The molecule has 2 unspecified atom stereocenters. The summed E-state index contributed by atoms with van der Waals surface area (Å²) in [6, 6.07) is 5.79. The molecule has 0 bridgehead atoms. The molecule has 0 aromatic heterocycles. The van der Waals surface area contributed by atoms with Crippen molar-refractivity contribution >= 4 is 0 Å². The average Bonchev–Trinajstić information content (AvgIpc) is 2.42. The minimum absolute atomic E-state index is 0.0160. The number of hydrogen-bond acceptors (Lipinski definition) is 4. The van der Waals surface area contributed by atoms with Crippen LogP contribution in [0, 0.1) is 5.41 Å². The molecule has 114 valence electrons. The molecular formula is C16H27NO3. The summed E-state index contributed by atoms with van der Waals surface area (Å²) in [4.78, 5) is 0. The molecule has 0 amide bonds. The topological polar surface area (TPSA) is 39.7 Å². The molecule has 1 N–H and O–H groups in total. The van der Waals surface area contributed by atoms with Crippen molar-refractivity contribution in [3.05, 3.63) is 23.8 Å². The molecule has 0 spiro atoms. The summed E-state index contributed by atoms with van der Waals surface area (Å²) in [5, 5.41) is 3.34. The van der Waals surface area contributed by atoms with Gasteiger partial charge in [0.15, 0.2) is 0 Å². The van der Waals surface area contributed by atoms with E-state index in [2.05, 4.69) is 26.1 Å². The van der Waals surface area contributed by atoms with E-state index in [-0.39, 0.29) is 17.6 Å². The molecule has 0 heterocycles. The van der Waals surface area contributed by atoms with Crippen LogP contribution in [-0.2, 0) is 4.74 Å². The van der Waals surface area contributed by atoms with Gasteiger partial charge in [-0.1, -0.05) is 26.8 Å². The second-order valence-corrected chi connectivity index (χ2v) is 5.86. The fraction of sp³-hybridized carbons (Fsp3) is 0.625. The Morgan fingerprint density at radius 1 is 1.00 bits per heavy atom. The predicted molar refractivity (Wildman–Crippen MR) is 81.6 cm³/mol. The van der Waals surface area contributed by atoms with Crippen molar-refractivity contribution < 1.29 is 14.2 Å². The van der Waals surface area contributed by atoms with Gasteiger partial charge in [0.05, 0.1) is 31.9 Å². The highest BCUT2D eigenvalue weighted by atomic mass is 16.5. The minimum atomic E-state index is -0.0221. The molecule has 1 aromatic carbocycles. The van der Waals surface area contributed by atoms with Crippen LogP contribution in [-0.4, -0.2) is 34.5 Å². The second kappa shape index (κ2) is 6.95. The van der Waals surface area contributed by atoms with Crippen LogP contribution in [0.25, 0.3) is 0 Å². The van der Waals surface area contributed by atoms with Gasteiger partial charge in [-0.2, -0.15) is 0 Å². The lowest BCUT2D eigenvalue weighted by molar-refractivity contribution is -0.0111. The van der Waals surface area contributed by atoms with E-state index in [1.54, 1.807) is 21.3 Å². The van der Waals surface area contributed by atoms with Crippen molar-refractivity contribution in [2.45, 2.75) is 32.9 Å². The maximum Gasteiger partial charge on any atom is 0.127 e. The van der Waals surface area contributed by atoms with Crippen LogP contribution in [0.5, 0.6) is 11.5 Å². The van der Waals surface area contributed by atoms with Gasteiger partial charge in [0, 0.05) is 7.11 Å². The van der Waals surface area contributed by atoms with Crippen LogP contribution in [0.2, 0.25) is 0 Å². The van der Waals surface area contributed by atoms with Crippen LogP contribution in [0.3, 0.4) is 0 Å². The molecule has 0 aliphatic heterocycles. The lowest BCUT2D eigenvalue weighted by Crippen LogP contribution is -2.40. The van der Waals surface area contributed by atoms with E-state index < -0.39 is 0 Å². The molecule has 0 fully saturated rings. The van der Waals surface area contributed by atoms with Gasteiger partial charge < -0.3 is 19.5 Å². The third kappa shape index (κ3) is 3.44. The van der Waals surface area contributed by atoms with Crippen molar-refractivity contribution in [1.29, 1.82) is 0 Å². The Kier molecular flexibility index (Phi) is 5.84. The van der Waals surface area contributed by atoms with E-state index >= 15 is 0 Å². The molecule has 20 heavy (non-hydrogen) atoms. The van der Waals surface area contributed by atoms with Gasteiger partial charge in [0.25, 0.3) is 0 Å². The van der Waals surface area contributed by atoms with Crippen molar-refractivity contribution in [1.82, 2.24) is 5.32 Å². The molecule has 0 aliphatic rings. The summed E-state index contributed by atoms with van der Waals surface area (Å²) in [6.45, 7) is 6.48. The zero-order valence-electron chi connectivity index (χ0n) is 13.6. The van der Waals surface area contributed by atoms with Gasteiger partial charge in [-0.05, 0) is 24.6 Å². The molecule has 0 aliphatic carbocycles. The van der Waals surface area contributed by atoms with E-state index in [4.69, 9.17) is 14.2 Å².